The Morgan fingerprint density at radius 3 is 2.85 bits per heavy atom. The second kappa shape index (κ2) is 7.84. The lowest BCUT2D eigenvalue weighted by molar-refractivity contribution is 0.572. The molecule has 5 nitrogen and oxygen atoms in total. The van der Waals surface area contributed by atoms with Gasteiger partial charge in [-0.25, -0.2) is 4.98 Å². The van der Waals surface area contributed by atoms with Gasteiger partial charge in [0.25, 0.3) is 0 Å². The van der Waals surface area contributed by atoms with E-state index in [0.29, 0.717) is 24.4 Å². The molecule has 1 aromatic heterocycles. The predicted octanol–water partition coefficient (Wildman–Crippen LogP) is 4.22. The fourth-order valence-electron chi connectivity index (χ4n) is 3.11. The number of guanidine groups is 1. The van der Waals surface area contributed by atoms with Crippen molar-refractivity contribution in [2.45, 2.75) is 24.9 Å². The molecule has 1 heterocycles. The van der Waals surface area contributed by atoms with Crippen LogP contribution >= 0.6 is 11.6 Å². The van der Waals surface area contributed by atoms with Crippen LogP contribution in [0.25, 0.3) is 11.5 Å². The van der Waals surface area contributed by atoms with Crippen LogP contribution in [0.2, 0.25) is 5.02 Å². The fraction of sp³-hybridized carbons (Fsp3) is 0.238. The summed E-state index contributed by atoms with van der Waals surface area (Å²) in [5.41, 5.74) is 3.06. The molecule has 2 unspecified atom stereocenters. The number of halogens is 1. The molecule has 0 spiro atoms. The SMILES string of the molecule is CN=C(NCc1coc(-c2ccccc2)n1)NC1CC1c1cccc(Cl)c1. The highest BCUT2D eigenvalue weighted by Crippen LogP contribution is 2.41. The number of hydrogen-bond donors (Lipinski definition) is 2. The molecule has 2 aromatic carbocycles. The third-order valence-electron chi connectivity index (χ3n) is 4.62. The minimum absolute atomic E-state index is 0.367. The molecular formula is C21H21ClN4O. The maximum atomic E-state index is 6.09. The van der Waals surface area contributed by atoms with Crippen molar-refractivity contribution in [1.29, 1.82) is 0 Å². The molecule has 1 aliphatic carbocycles. The van der Waals surface area contributed by atoms with Gasteiger partial charge in [-0.05, 0) is 36.2 Å². The van der Waals surface area contributed by atoms with Gasteiger partial charge in [-0.1, -0.05) is 41.9 Å². The lowest BCUT2D eigenvalue weighted by Gasteiger charge is -2.10. The molecular weight excluding hydrogens is 360 g/mol. The van der Waals surface area contributed by atoms with Crippen LogP contribution in [0.4, 0.5) is 0 Å². The molecule has 2 atom stereocenters. The molecule has 1 saturated carbocycles. The van der Waals surface area contributed by atoms with Crippen molar-refractivity contribution in [2.24, 2.45) is 4.99 Å². The molecule has 0 radical (unpaired) electrons. The summed E-state index contributed by atoms with van der Waals surface area (Å²) in [4.78, 5) is 8.83. The van der Waals surface area contributed by atoms with Crippen molar-refractivity contribution in [1.82, 2.24) is 15.6 Å². The number of rotatable bonds is 5. The van der Waals surface area contributed by atoms with Crippen LogP contribution in [0.1, 0.15) is 23.6 Å². The van der Waals surface area contributed by atoms with Crippen molar-refractivity contribution < 1.29 is 4.42 Å². The summed E-state index contributed by atoms with van der Waals surface area (Å²) in [5.74, 6) is 1.85. The molecule has 0 amide bonds. The average molecular weight is 381 g/mol. The molecule has 0 bridgehead atoms. The molecule has 0 saturated heterocycles. The van der Waals surface area contributed by atoms with Gasteiger partial charge in [0.2, 0.25) is 5.89 Å². The highest BCUT2D eigenvalue weighted by molar-refractivity contribution is 6.30. The Hall–Kier alpha value is -2.79. The summed E-state index contributed by atoms with van der Waals surface area (Å²) in [6.45, 7) is 0.546. The minimum Gasteiger partial charge on any atom is -0.444 e. The number of nitrogens with one attached hydrogen (secondary N) is 2. The summed E-state index contributed by atoms with van der Waals surface area (Å²) in [6.07, 6.45) is 2.75. The lowest BCUT2D eigenvalue weighted by atomic mass is 10.1. The van der Waals surface area contributed by atoms with E-state index in [-0.39, 0.29) is 0 Å². The Labute approximate surface area is 163 Å². The van der Waals surface area contributed by atoms with Gasteiger partial charge in [0.05, 0.1) is 12.2 Å². The van der Waals surface area contributed by atoms with E-state index < -0.39 is 0 Å². The van der Waals surface area contributed by atoms with E-state index >= 15 is 0 Å². The maximum Gasteiger partial charge on any atom is 0.226 e. The monoisotopic (exact) mass is 380 g/mol. The van der Waals surface area contributed by atoms with E-state index in [1.807, 2.05) is 48.5 Å². The van der Waals surface area contributed by atoms with E-state index in [1.165, 1.54) is 5.56 Å². The second-order valence-corrected chi connectivity index (χ2v) is 7.02. The Balaban J connectivity index is 1.31. The van der Waals surface area contributed by atoms with E-state index in [2.05, 4.69) is 26.7 Å². The topological polar surface area (TPSA) is 62.5 Å². The zero-order chi connectivity index (χ0) is 18.6. The number of benzene rings is 2. The first-order valence-electron chi connectivity index (χ1n) is 8.95. The van der Waals surface area contributed by atoms with Crippen LogP contribution in [0.15, 0.2) is 70.3 Å². The molecule has 138 valence electrons. The first-order valence-corrected chi connectivity index (χ1v) is 9.33. The van der Waals surface area contributed by atoms with E-state index in [9.17, 15) is 0 Å². The molecule has 4 rings (SSSR count). The zero-order valence-electron chi connectivity index (χ0n) is 15.0. The number of aromatic nitrogens is 1. The number of nitrogens with zero attached hydrogens (tertiary/aromatic N) is 2. The maximum absolute atomic E-state index is 6.09. The largest absolute Gasteiger partial charge is 0.444 e. The van der Waals surface area contributed by atoms with Gasteiger partial charge in [0.15, 0.2) is 5.96 Å². The van der Waals surface area contributed by atoms with Crippen LogP contribution in [0, 0.1) is 0 Å². The summed E-state index contributed by atoms with van der Waals surface area (Å²) < 4.78 is 5.57. The van der Waals surface area contributed by atoms with Gasteiger partial charge in [0.1, 0.15) is 6.26 Å². The number of aliphatic imine (C=N–C) groups is 1. The van der Waals surface area contributed by atoms with E-state index in [0.717, 1.165) is 28.7 Å². The normalized spacial score (nSPS) is 19.0. The zero-order valence-corrected chi connectivity index (χ0v) is 15.8. The first kappa shape index (κ1) is 17.6. The standard InChI is InChI=1S/C21H21ClN4O/c1-23-21(26-19-11-18(19)15-8-5-9-16(22)10-15)24-12-17-13-27-20(25-17)14-6-3-2-4-7-14/h2-10,13,18-19H,11-12H2,1H3,(H2,23,24,26). The number of hydrogen-bond acceptors (Lipinski definition) is 3. The van der Waals surface area contributed by atoms with Gasteiger partial charge >= 0.3 is 0 Å². The van der Waals surface area contributed by atoms with Gasteiger partial charge in [-0.3, -0.25) is 4.99 Å². The molecule has 1 fully saturated rings. The average Bonchev–Trinajstić information content (AvgIpc) is 3.31. The molecule has 27 heavy (non-hydrogen) atoms. The third kappa shape index (κ3) is 4.31. The lowest BCUT2D eigenvalue weighted by Crippen LogP contribution is -2.38. The Morgan fingerprint density at radius 2 is 2.07 bits per heavy atom. The molecule has 2 N–H and O–H groups in total. The fourth-order valence-corrected chi connectivity index (χ4v) is 3.30. The molecule has 0 aliphatic heterocycles. The van der Waals surface area contributed by atoms with Gasteiger partial charge in [-0.2, -0.15) is 0 Å². The summed E-state index contributed by atoms with van der Waals surface area (Å²) in [7, 11) is 1.77. The van der Waals surface area contributed by atoms with Gasteiger partial charge < -0.3 is 15.1 Å². The van der Waals surface area contributed by atoms with E-state index in [4.69, 9.17) is 16.0 Å². The van der Waals surface area contributed by atoms with E-state index in [1.54, 1.807) is 13.3 Å². The smallest absolute Gasteiger partial charge is 0.226 e. The van der Waals surface area contributed by atoms with Crippen LogP contribution in [-0.4, -0.2) is 24.0 Å². The van der Waals surface area contributed by atoms with Crippen molar-refractivity contribution in [2.75, 3.05) is 7.05 Å². The Kier molecular flexibility index (Phi) is 5.12. The van der Waals surface area contributed by atoms with Crippen LogP contribution in [-0.2, 0) is 6.54 Å². The second-order valence-electron chi connectivity index (χ2n) is 6.58. The van der Waals surface area contributed by atoms with Crippen molar-refractivity contribution >= 4 is 17.6 Å². The van der Waals surface area contributed by atoms with Crippen molar-refractivity contribution in [3.63, 3.8) is 0 Å². The molecule has 6 heteroatoms. The predicted molar refractivity (Wildman–Crippen MR) is 108 cm³/mol. The highest BCUT2D eigenvalue weighted by Gasteiger charge is 2.39. The van der Waals surface area contributed by atoms with Crippen molar-refractivity contribution in [3.05, 3.63) is 77.1 Å². The summed E-state index contributed by atoms with van der Waals surface area (Å²) >= 11 is 6.09. The third-order valence-corrected chi connectivity index (χ3v) is 4.86. The van der Waals surface area contributed by atoms with Crippen molar-refractivity contribution in [3.8, 4) is 11.5 Å². The molecule has 3 aromatic rings. The summed E-state index contributed by atoms with van der Waals surface area (Å²) in [6, 6.07) is 18.3. The Bertz CT molecular complexity index is 938. The minimum atomic E-state index is 0.367. The van der Waals surface area contributed by atoms with Crippen LogP contribution < -0.4 is 10.6 Å². The highest BCUT2D eigenvalue weighted by atomic mass is 35.5. The van der Waals surface area contributed by atoms with Gasteiger partial charge in [0, 0.05) is 29.6 Å². The number of oxazole rings is 1. The van der Waals surface area contributed by atoms with Crippen LogP contribution in [0.3, 0.4) is 0 Å². The van der Waals surface area contributed by atoms with Crippen LogP contribution in [0.5, 0.6) is 0 Å². The van der Waals surface area contributed by atoms with Gasteiger partial charge in [-0.15, -0.1) is 0 Å². The summed E-state index contributed by atoms with van der Waals surface area (Å²) in [5, 5.41) is 7.53. The first-order chi connectivity index (χ1) is 13.2. The quantitative estimate of drug-likeness (QED) is 0.514. The molecule has 1 aliphatic rings. The Morgan fingerprint density at radius 1 is 1.22 bits per heavy atom.